The van der Waals surface area contributed by atoms with E-state index in [1.807, 2.05) is 6.92 Å². The van der Waals surface area contributed by atoms with Crippen LogP contribution in [-0.2, 0) is 24.3 Å². The van der Waals surface area contributed by atoms with E-state index in [1.54, 1.807) is 66.7 Å². The van der Waals surface area contributed by atoms with Gasteiger partial charge in [-0.3, -0.25) is 9.10 Å². The van der Waals surface area contributed by atoms with Gasteiger partial charge in [-0.2, -0.15) is 5.10 Å². The molecule has 9 nitrogen and oxygen atoms in total. The molecule has 1 amide bonds. The highest BCUT2D eigenvalue weighted by Crippen LogP contribution is 2.23. The first kappa shape index (κ1) is 25.4. The number of para-hydroxylation sites is 1. The normalized spacial score (nSPS) is 11.1. The number of carbonyl (C=O) groups is 2. The van der Waals surface area contributed by atoms with E-state index >= 15 is 0 Å². The summed E-state index contributed by atoms with van der Waals surface area (Å²) in [5.41, 5.74) is 4.22. The summed E-state index contributed by atoms with van der Waals surface area (Å²) >= 11 is 0. The van der Waals surface area contributed by atoms with Gasteiger partial charge in [0.05, 0.1) is 23.9 Å². The molecule has 0 fully saturated rings. The smallest absolute Gasteiger partial charge is 0.343 e. The number of amides is 1. The van der Waals surface area contributed by atoms with Crippen molar-refractivity contribution in [3.63, 3.8) is 0 Å². The second-order valence-corrected chi connectivity index (χ2v) is 9.25. The number of rotatable bonds is 10. The van der Waals surface area contributed by atoms with Crippen LogP contribution in [-0.4, -0.2) is 46.8 Å². The fourth-order valence-corrected chi connectivity index (χ4v) is 4.40. The Hall–Kier alpha value is -4.18. The highest BCUT2D eigenvalue weighted by atomic mass is 32.2. The van der Waals surface area contributed by atoms with Gasteiger partial charge >= 0.3 is 5.97 Å². The third-order valence-corrected chi connectivity index (χ3v) is 6.57. The van der Waals surface area contributed by atoms with Gasteiger partial charge in [-0.15, -0.1) is 0 Å². The molecule has 0 heterocycles. The standard InChI is InChI=1S/C25H25N3O6S/c1-19-11-13-23(14-12-19)35(31,32)28(21-8-4-3-5-9-21)17-24(29)27-26-16-20-7-6-10-22(15-20)34-18-25(30)33-2/h3-16H,17-18H2,1-2H3,(H,27,29)/b26-16-. The number of ether oxygens (including phenoxy) is 2. The molecule has 3 aromatic carbocycles. The number of sulfonamides is 1. The van der Waals surface area contributed by atoms with E-state index in [1.165, 1.54) is 25.5 Å². The summed E-state index contributed by atoms with van der Waals surface area (Å²) in [6, 6.07) is 21.5. The summed E-state index contributed by atoms with van der Waals surface area (Å²) in [6.07, 6.45) is 1.38. The highest BCUT2D eigenvalue weighted by molar-refractivity contribution is 7.92. The molecule has 0 bridgehead atoms. The van der Waals surface area contributed by atoms with E-state index in [4.69, 9.17) is 4.74 Å². The summed E-state index contributed by atoms with van der Waals surface area (Å²) in [7, 11) is -2.73. The molecule has 35 heavy (non-hydrogen) atoms. The number of hydrogen-bond acceptors (Lipinski definition) is 7. The van der Waals surface area contributed by atoms with Crippen LogP contribution in [0.15, 0.2) is 88.9 Å². The van der Waals surface area contributed by atoms with Crippen LogP contribution in [0.3, 0.4) is 0 Å². The Labute approximate surface area is 204 Å². The van der Waals surface area contributed by atoms with Crippen molar-refractivity contribution in [3.8, 4) is 5.75 Å². The molecule has 1 N–H and O–H groups in total. The Morgan fingerprint density at radius 3 is 2.40 bits per heavy atom. The van der Waals surface area contributed by atoms with Crippen LogP contribution in [0, 0.1) is 6.92 Å². The molecule has 0 aromatic heterocycles. The van der Waals surface area contributed by atoms with Crippen molar-refractivity contribution < 1.29 is 27.5 Å². The van der Waals surface area contributed by atoms with E-state index in [-0.39, 0.29) is 11.5 Å². The summed E-state index contributed by atoms with van der Waals surface area (Å²) < 4.78 is 37.5. The molecule has 3 rings (SSSR count). The Morgan fingerprint density at radius 1 is 1.00 bits per heavy atom. The highest BCUT2D eigenvalue weighted by Gasteiger charge is 2.27. The number of anilines is 1. The average molecular weight is 496 g/mol. The maximum Gasteiger partial charge on any atom is 0.343 e. The number of nitrogens with one attached hydrogen (secondary N) is 1. The molecule has 0 saturated heterocycles. The van der Waals surface area contributed by atoms with Gasteiger partial charge in [0.2, 0.25) is 0 Å². The molecular formula is C25H25N3O6S. The molecule has 3 aromatic rings. The van der Waals surface area contributed by atoms with Crippen molar-refractivity contribution in [1.29, 1.82) is 0 Å². The maximum atomic E-state index is 13.3. The van der Waals surface area contributed by atoms with Crippen LogP contribution in [0.4, 0.5) is 5.69 Å². The first-order chi connectivity index (χ1) is 16.8. The quantitative estimate of drug-likeness (QED) is 0.263. The van der Waals surface area contributed by atoms with Crippen LogP contribution in [0.1, 0.15) is 11.1 Å². The molecule has 0 aliphatic heterocycles. The lowest BCUT2D eigenvalue weighted by Gasteiger charge is -2.23. The van der Waals surface area contributed by atoms with Gasteiger partial charge in [0.15, 0.2) is 6.61 Å². The summed E-state index contributed by atoms with van der Waals surface area (Å²) in [5.74, 6) is -0.719. The predicted molar refractivity (Wildman–Crippen MR) is 132 cm³/mol. The van der Waals surface area contributed by atoms with Crippen molar-refractivity contribution in [3.05, 3.63) is 90.0 Å². The second-order valence-electron chi connectivity index (χ2n) is 7.39. The monoisotopic (exact) mass is 495 g/mol. The van der Waals surface area contributed by atoms with Crippen LogP contribution in [0.25, 0.3) is 0 Å². The number of benzene rings is 3. The molecular weight excluding hydrogens is 470 g/mol. The Bertz CT molecular complexity index is 1290. The zero-order valence-electron chi connectivity index (χ0n) is 19.2. The van der Waals surface area contributed by atoms with Gasteiger partial charge in [-0.05, 0) is 48.9 Å². The lowest BCUT2D eigenvalue weighted by Crippen LogP contribution is -2.39. The van der Waals surface area contributed by atoms with Gasteiger partial charge in [-0.1, -0.05) is 48.0 Å². The Balaban J connectivity index is 1.71. The lowest BCUT2D eigenvalue weighted by atomic mass is 10.2. The number of carbonyl (C=O) groups excluding carboxylic acids is 2. The van der Waals surface area contributed by atoms with Crippen LogP contribution < -0.4 is 14.5 Å². The topological polar surface area (TPSA) is 114 Å². The molecule has 0 aliphatic rings. The average Bonchev–Trinajstić information content (AvgIpc) is 2.86. The van der Waals surface area contributed by atoms with Crippen molar-refractivity contribution >= 4 is 33.8 Å². The Morgan fingerprint density at radius 2 is 1.71 bits per heavy atom. The number of esters is 1. The predicted octanol–water partition coefficient (Wildman–Crippen LogP) is 2.89. The fourth-order valence-electron chi connectivity index (χ4n) is 2.98. The molecule has 182 valence electrons. The SMILES string of the molecule is COC(=O)COc1cccc(/C=N\NC(=O)CN(c2ccccc2)S(=O)(=O)c2ccc(C)cc2)c1. The third kappa shape index (κ3) is 7.15. The molecule has 0 spiro atoms. The van der Waals surface area contributed by atoms with Gasteiger partial charge in [0.25, 0.3) is 15.9 Å². The number of hydrazone groups is 1. The number of hydrogen-bond donors (Lipinski definition) is 1. The molecule has 0 unspecified atom stereocenters. The van der Waals surface area contributed by atoms with Crippen molar-refractivity contribution in [2.24, 2.45) is 5.10 Å². The van der Waals surface area contributed by atoms with E-state index in [0.29, 0.717) is 17.0 Å². The second kappa shape index (κ2) is 11.8. The maximum absolute atomic E-state index is 13.3. The first-order valence-corrected chi connectivity index (χ1v) is 12.0. The van der Waals surface area contributed by atoms with E-state index in [2.05, 4.69) is 15.3 Å². The van der Waals surface area contributed by atoms with Gasteiger partial charge in [0.1, 0.15) is 12.3 Å². The van der Waals surface area contributed by atoms with E-state index in [9.17, 15) is 18.0 Å². The van der Waals surface area contributed by atoms with Crippen LogP contribution in [0.5, 0.6) is 5.75 Å². The molecule has 0 atom stereocenters. The van der Waals surface area contributed by atoms with E-state index in [0.717, 1.165) is 9.87 Å². The minimum absolute atomic E-state index is 0.0759. The summed E-state index contributed by atoms with van der Waals surface area (Å²) in [5, 5.41) is 3.91. The summed E-state index contributed by atoms with van der Waals surface area (Å²) in [6.45, 7) is 1.15. The number of aryl methyl sites for hydroxylation is 1. The largest absolute Gasteiger partial charge is 0.482 e. The number of methoxy groups -OCH3 is 1. The van der Waals surface area contributed by atoms with Crippen LogP contribution >= 0.6 is 0 Å². The fraction of sp³-hybridized carbons (Fsp3) is 0.160. The molecule has 0 radical (unpaired) electrons. The van der Waals surface area contributed by atoms with Gasteiger partial charge < -0.3 is 9.47 Å². The van der Waals surface area contributed by atoms with Crippen molar-refractivity contribution in [1.82, 2.24) is 5.43 Å². The molecule has 10 heteroatoms. The van der Waals surface area contributed by atoms with Gasteiger partial charge in [0, 0.05) is 0 Å². The minimum atomic E-state index is -4.00. The summed E-state index contributed by atoms with van der Waals surface area (Å²) in [4.78, 5) is 23.9. The molecule has 0 saturated carbocycles. The first-order valence-electron chi connectivity index (χ1n) is 10.6. The lowest BCUT2D eigenvalue weighted by molar-refractivity contribution is -0.142. The molecule has 0 aliphatic carbocycles. The van der Waals surface area contributed by atoms with Gasteiger partial charge in [-0.25, -0.2) is 18.6 Å². The van der Waals surface area contributed by atoms with Crippen molar-refractivity contribution in [2.45, 2.75) is 11.8 Å². The zero-order chi connectivity index (χ0) is 25.3. The van der Waals surface area contributed by atoms with Crippen LogP contribution in [0.2, 0.25) is 0 Å². The Kier molecular flexibility index (Phi) is 8.58. The van der Waals surface area contributed by atoms with Crippen molar-refractivity contribution in [2.75, 3.05) is 24.6 Å². The zero-order valence-corrected chi connectivity index (χ0v) is 20.1. The van der Waals surface area contributed by atoms with E-state index < -0.39 is 28.4 Å². The minimum Gasteiger partial charge on any atom is -0.482 e. The third-order valence-electron chi connectivity index (χ3n) is 4.79. The number of nitrogens with zero attached hydrogens (tertiary/aromatic N) is 2.